The van der Waals surface area contributed by atoms with Gasteiger partial charge in [0.05, 0.1) is 26.1 Å². The molecule has 14 nitrogen and oxygen atoms in total. The van der Waals surface area contributed by atoms with Crippen LogP contribution in [0, 0.1) is 0 Å². The van der Waals surface area contributed by atoms with Crippen LogP contribution in [-0.2, 0) is 51.7 Å². The normalized spacial score (nSPS) is 13.1. The molecule has 3 atom stereocenters. The average Bonchev–Trinajstić information content (AvgIpc) is 3.20. The number of carbonyl (C=O) groups excluding carboxylic acids is 4. The third-order valence-corrected chi connectivity index (χ3v) is 11.0. The Kier molecular flexibility index (Phi) is 47.6. The zero-order valence-corrected chi connectivity index (χ0v) is 42.7. The van der Waals surface area contributed by atoms with Crippen LogP contribution in [0.25, 0.3) is 0 Å². The minimum atomic E-state index is -4.82. The zero-order chi connectivity index (χ0) is 45.4. The molecule has 0 bridgehead atoms. The van der Waals surface area contributed by atoms with Crippen LogP contribution in [0.3, 0.4) is 0 Å². The molecule has 63 heavy (non-hydrogen) atoms. The van der Waals surface area contributed by atoms with Crippen molar-refractivity contribution in [2.45, 2.75) is 233 Å². The van der Waals surface area contributed by atoms with Gasteiger partial charge in [-0.05, 0) is 12.8 Å². The Morgan fingerprint density at radius 1 is 0.444 bits per heavy atom. The molecule has 0 aromatic carbocycles. The molecule has 0 aromatic heterocycles. The van der Waals surface area contributed by atoms with Crippen LogP contribution in [0.4, 0.5) is 0 Å². The van der Waals surface area contributed by atoms with Gasteiger partial charge in [0.1, 0.15) is 13.2 Å². The smallest absolute Gasteiger partial charge is 0.462 e. The van der Waals surface area contributed by atoms with Crippen molar-refractivity contribution in [3.63, 3.8) is 0 Å². The monoisotopic (exact) mass is 965 g/mol. The third kappa shape index (κ3) is 46.8. The Bertz CT molecular complexity index is 1150. The van der Waals surface area contributed by atoms with Crippen LogP contribution in [0.2, 0.25) is 0 Å². The van der Waals surface area contributed by atoms with E-state index in [1.165, 1.54) is 89.9 Å². The van der Waals surface area contributed by atoms with Gasteiger partial charge in [-0.2, -0.15) is 0 Å². The molecular weight excluding hydrogens is 874 g/mol. The van der Waals surface area contributed by atoms with Crippen molar-refractivity contribution < 1.29 is 56.6 Å². The van der Waals surface area contributed by atoms with Gasteiger partial charge in [-0.3, -0.25) is 28.2 Å². The summed E-state index contributed by atoms with van der Waals surface area (Å²) in [5, 5.41) is 6.22. The lowest BCUT2D eigenvalue weighted by atomic mass is 10.1. The summed E-state index contributed by atoms with van der Waals surface area (Å²) in [6, 6.07) is 0.326. The molecule has 0 fully saturated rings. The van der Waals surface area contributed by atoms with E-state index in [0.29, 0.717) is 25.9 Å². The van der Waals surface area contributed by atoms with Gasteiger partial charge in [0.25, 0.3) is 0 Å². The number of esters is 4. The third-order valence-electron chi connectivity index (χ3n) is 10.0. The molecule has 0 aliphatic rings. The van der Waals surface area contributed by atoms with Gasteiger partial charge in [-0.25, -0.2) is 4.57 Å². The number of carbonyl (C=O) groups is 4. The van der Waals surface area contributed by atoms with Gasteiger partial charge in [0.2, 0.25) is 0 Å². The number of ether oxygens (including phenoxy) is 4. The molecular formula is C46H91Cl2N2O12P. The van der Waals surface area contributed by atoms with Crippen LogP contribution in [0.5, 0.6) is 0 Å². The standard InChI is InChI=1S/C46H89N2O12P.2ClH/c1-7-9-11-13-15-17-19-21-23-25-27-29-43(49)55-35-41(59-45(51)30-28-26-24-22-20-18-16-14-12-10-8-2)37-57-61(53,54)58-38-42(60-46(52)32-34-48-40(5)6)36-56-44(50)31-33-47-39(3)4;;/h39-42,47-48H,7-38H2,1-6H3,(H,53,54);2*1H. The van der Waals surface area contributed by atoms with Crippen LogP contribution in [0.15, 0.2) is 0 Å². The van der Waals surface area contributed by atoms with Crippen molar-refractivity contribution in [2.24, 2.45) is 0 Å². The van der Waals surface area contributed by atoms with E-state index < -0.39 is 63.7 Å². The van der Waals surface area contributed by atoms with Crippen molar-refractivity contribution in [3.05, 3.63) is 0 Å². The van der Waals surface area contributed by atoms with E-state index >= 15 is 0 Å². The molecule has 0 aliphatic heterocycles. The molecule has 3 N–H and O–H groups in total. The Balaban J connectivity index is -0.0000180. The van der Waals surface area contributed by atoms with Crippen LogP contribution >= 0.6 is 32.6 Å². The highest BCUT2D eigenvalue weighted by molar-refractivity contribution is 7.47. The molecule has 0 radical (unpaired) electrons. The van der Waals surface area contributed by atoms with E-state index in [-0.39, 0.29) is 69.2 Å². The second-order valence-corrected chi connectivity index (χ2v) is 18.4. The summed E-state index contributed by atoms with van der Waals surface area (Å²) >= 11 is 0. The summed E-state index contributed by atoms with van der Waals surface area (Å²) in [7, 11) is -4.82. The number of hydrogen-bond acceptors (Lipinski definition) is 13. The van der Waals surface area contributed by atoms with E-state index in [1.807, 2.05) is 27.7 Å². The second-order valence-electron chi connectivity index (χ2n) is 16.9. The van der Waals surface area contributed by atoms with E-state index in [1.54, 1.807) is 0 Å². The summed E-state index contributed by atoms with van der Waals surface area (Å²) in [6.07, 6.45) is 23.2. The first-order valence-corrected chi connectivity index (χ1v) is 25.6. The number of phosphoric ester groups is 1. The topological polar surface area (TPSA) is 185 Å². The molecule has 0 heterocycles. The summed E-state index contributed by atoms with van der Waals surface area (Å²) in [4.78, 5) is 60.9. The van der Waals surface area contributed by atoms with Crippen molar-refractivity contribution in [3.8, 4) is 0 Å². The van der Waals surface area contributed by atoms with Crippen molar-refractivity contribution in [1.82, 2.24) is 10.6 Å². The van der Waals surface area contributed by atoms with E-state index in [9.17, 15) is 28.6 Å². The van der Waals surface area contributed by atoms with Crippen LogP contribution in [0.1, 0.15) is 208 Å². The fraction of sp³-hybridized carbons (Fsp3) is 0.913. The average molecular weight is 966 g/mol. The highest BCUT2D eigenvalue weighted by Gasteiger charge is 2.29. The minimum absolute atomic E-state index is 0. The predicted octanol–water partition coefficient (Wildman–Crippen LogP) is 11.1. The molecule has 0 amide bonds. The number of unbranched alkanes of at least 4 members (excludes halogenated alkanes) is 20. The largest absolute Gasteiger partial charge is 0.472 e. The fourth-order valence-corrected chi connectivity index (χ4v) is 7.21. The molecule has 0 spiro atoms. The fourth-order valence-electron chi connectivity index (χ4n) is 6.42. The highest BCUT2D eigenvalue weighted by Crippen LogP contribution is 2.43. The molecule has 3 unspecified atom stereocenters. The Labute approximate surface area is 394 Å². The minimum Gasteiger partial charge on any atom is -0.462 e. The summed E-state index contributed by atoms with van der Waals surface area (Å²) in [6.45, 7) is 11.0. The van der Waals surface area contributed by atoms with Gasteiger partial charge in [0.15, 0.2) is 12.2 Å². The molecule has 0 rings (SSSR count). The van der Waals surface area contributed by atoms with Crippen molar-refractivity contribution >= 4 is 56.5 Å². The molecule has 0 aromatic rings. The van der Waals surface area contributed by atoms with Crippen molar-refractivity contribution in [1.29, 1.82) is 0 Å². The zero-order valence-electron chi connectivity index (χ0n) is 40.1. The van der Waals surface area contributed by atoms with E-state index in [0.717, 1.165) is 38.5 Å². The van der Waals surface area contributed by atoms with Crippen molar-refractivity contribution in [2.75, 3.05) is 39.5 Å². The number of halogens is 2. The van der Waals surface area contributed by atoms with E-state index in [4.69, 9.17) is 28.0 Å². The maximum Gasteiger partial charge on any atom is 0.472 e. The van der Waals surface area contributed by atoms with Gasteiger partial charge in [0, 0.05) is 38.0 Å². The van der Waals surface area contributed by atoms with E-state index in [2.05, 4.69) is 24.5 Å². The lowest BCUT2D eigenvalue weighted by Crippen LogP contribution is -2.33. The number of phosphoric acid groups is 1. The maximum atomic E-state index is 13.0. The SMILES string of the molecule is CCCCCCCCCCCCCC(=O)OCC(COP(=O)(O)OCC(COC(=O)CCNC(C)C)OC(=O)CCNC(C)C)OC(=O)CCCCCCCCCCCCC.Cl.Cl. The molecule has 376 valence electrons. The van der Waals surface area contributed by atoms with Gasteiger partial charge in [-0.15, -0.1) is 24.8 Å². The molecule has 0 aliphatic carbocycles. The first-order chi connectivity index (χ1) is 29.3. The Hall–Kier alpha value is -1.51. The molecule has 0 saturated carbocycles. The molecule has 17 heteroatoms. The van der Waals surface area contributed by atoms with Gasteiger partial charge >= 0.3 is 31.7 Å². The lowest BCUT2D eigenvalue weighted by Gasteiger charge is -2.22. The number of nitrogens with one attached hydrogen (secondary N) is 2. The van der Waals surface area contributed by atoms with Crippen LogP contribution in [-0.4, -0.2) is 92.6 Å². The first kappa shape index (κ1) is 65.8. The second kappa shape index (κ2) is 45.6. The Morgan fingerprint density at radius 2 is 0.730 bits per heavy atom. The number of hydrogen-bond donors (Lipinski definition) is 3. The van der Waals surface area contributed by atoms with Gasteiger partial charge < -0.3 is 34.5 Å². The maximum absolute atomic E-state index is 13.0. The summed E-state index contributed by atoms with van der Waals surface area (Å²) in [5.41, 5.74) is 0. The predicted molar refractivity (Wildman–Crippen MR) is 256 cm³/mol. The summed E-state index contributed by atoms with van der Waals surface area (Å²) < 4.78 is 45.1. The lowest BCUT2D eigenvalue weighted by molar-refractivity contribution is -0.162. The van der Waals surface area contributed by atoms with Gasteiger partial charge in [-0.1, -0.05) is 170 Å². The quantitative estimate of drug-likeness (QED) is 0.0227. The first-order valence-electron chi connectivity index (χ1n) is 24.1. The summed E-state index contributed by atoms with van der Waals surface area (Å²) in [5.74, 6) is -2.14. The molecule has 0 saturated heterocycles. The Morgan fingerprint density at radius 3 is 1.08 bits per heavy atom. The number of rotatable bonds is 44. The highest BCUT2D eigenvalue weighted by atomic mass is 35.5. The van der Waals surface area contributed by atoms with Crippen LogP contribution < -0.4 is 10.6 Å².